The minimum Gasteiger partial charge on any atom is -0.395 e. The van der Waals surface area contributed by atoms with Crippen molar-refractivity contribution < 1.29 is 10.3 Å². The smallest absolute Gasteiger partial charge is 0.0579 e. The van der Waals surface area contributed by atoms with Gasteiger partial charge in [-0.1, -0.05) is 0 Å². The Morgan fingerprint density at radius 3 is 1.71 bits per heavy atom. The molecule has 0 spiro atoms. The van der Waals surface area contributed by atoms with Gasteiger partial charge >= 0.3 is 0 Å². The minimum absolute atomic E-state index is 0.0602. The summed E-state index contributed by atoms with van der Waals surface area (Å²) < 4.78 is 0. The van der Waals surface area contributed by atoms with Crippen LogP contribution in [0.25, 0.3) is 0 Å². The first-order chi connectivity index (χ1) is 3.27. The van der Waals surface area contributed by atoms with Crippen LogP contribution in [0.5, 0.6) is 0 Å². The highest BCUT2D eigenvalue weighted by Crippen LogP contribution is 1.62. The molecule has 0 saturated carbocycles. The monoisotopic (exact) mass is 108 g/mol. The predicted molar refractivity (Wildman–Crippen MR) is 26.7 cm³/mol. The second kappa shape index (κ2) is 9.28. The Kier molecular flexibility index (Phi) is 13.2. The van der Waals surface area contributed by atoms with Crippen LogP contribution in [-0.4, -0.2) is 23.0 Å². The number of hydrogen-bond acceptors (Lipinski definition) is 4. The zero-order valence-electron chi connectivity index (χ0n) is 4.33. The van der Waals surface area contributed by atoms with E-state index in [-0.39, 0.29) is 12.6 Å². The van der Waals surface area contributed by atoms with Crippen molar-refractivity contribution in [1.82, 2.24) is 0 Å². The molecule has 0 aromatic heterocycles. The molecule has 1 atom stereocenters. The third-order valence-corrected chi connectivity index (χ3v) is 0.288. The van der Waals surface area contributed by atoms with Crippen LogP contribution in [0.4, 0.5) is 0 Å². The third kappa shape index (κ3) is 25.4. The first kappa shape index (κ1) is 9.96. The topological polar surface area (TPSA) is 92.5 Å². The van der Waals surface area contributed by atoms with Gasteiger partial charge in [0.05, 0.1) is 6.61 Å². The van der Waals surface area contributed by atoms with Crippen molar-refractivity contribution in [3.05, 3.63) is 0 Å². The molecule has 0 aliphatic carbocycles. The van der Waals surface area contributed by atoms with E-state index in [9.17, 15) is 0 Å². The highest BCUT2D eigenvalue weighted by atomic mass is 16.4. The van der Waals surface area contributed by atoms with Gasteiger partial charge in [-0.3, -0.25) is 0 Å². The Hall–Kier alpha value is -0.160. The fraction of sp³-hybridized carbons (Fsp3) is 1.00. The van der Waals surface area contributed by atoms with E-state index in [1.165, 1.54) is 0 Å². The molecule has 0 rings (SSSR count). The fourth-order valence-corrected chi connectivity index (χ4v) is 0. The molecule has 4 nitrogen and oxygen atoms in total. The molecule has 0 amide bonds. The van der Waals surface area contributed by atoms with Crippen LogP contribution in [0, 0.1) is 0 Å². The van der Waals surface area contributed by atoms with Gasteiger partial charge in [0.15, 0.2) is 0 Å². The zero-order valence-corrected chi connectivity index (χ0v) is 4.33. The minimum atomic E-state index is -0.0602. The summed E-state index contributed by atoms with van der Waals surface area (Å²) in [6.07, 6.45) is 0. The Morgan fingerprint density at radius 1 is 1.57 bits per heavy atom. The molecule has 0 radical (unpaired) electrons. The summed E-state index contributed by atoms with van der Waals surface area (Å²) >= 11 is 0. The van der Waals surface area contributed by atoms with Gasteiger partial charge in [0.1, 0.15) is 0 Å². The SMILES string of the molecule is C[C@@H](N)CO.NO. The van der Waals surface area contributed by atoms with Crippen molar-refractivity contribution in [2.45, 2.75) is 13.0 Å². The number of nitrogens with two attached hydrogens (primary N) is 2. The first-order valence-electron chi connectivity index (χ1n) is 1.89. The van der Waals surface area contributed by atoms with E-state index in [0.29, 0.717) is 0 Å². The van der Waals surface area contributed by atoms with Crippen LogP contribution in [-0.2, 0) is 0 Å². The number of aliphatic hydroxyl groups excluding tert-OH is 1. The van der Waals surface area contributed by atoms with E-state index in [0.717, 1.165) is 0 Å². The van der Waals surface area contributed by atoms with Crippen LogP contribution in [0.3, 0.4) is 0 Å². The Labute approximate surface area is 42.7 Å². The normalized spacial score (nSPS) is 11.6. The van der Waals surface area contributed by atoms with Gasteiger partial charge in [0, 0.05) is 6.04 Å². The molecule has 0 heterocycles. The summed E-state index contributed by atoms with van der Waals surface area (Å²) in [5.41, 5.74) is 5.04. The van der Waals surface area contributed by atoms with Gasteiger partial charge < -0.3 is 16.0 Å². The van der Waals surface area contributed by atoms with Gasteiger partial charge in [0.2, 0.25) is 0 Å². The lowest BCUT2D eigenvalue weighted by Gasteiger charge is -1.91. The van der Waals surface area contributed by atoms with Gasteiger partial charge in [-0.2, -0.15) is 0 Å². The van der Waals surface area contributed by atoms with Gasteiger partial charge in [-0.15, -0.1) is 0 Å². The highest BCUT2D eigenvalue weighted by Gasteiger charge is 1.81. The first-order valence-corrected chi connectivity index (χ1v) is 1.89. The van der Waals surface area contributed by atoms with E-state index in [1.807, 2.05) is 0 Å². The second-order valence-electron chi connectivity index (χ2n) is 1.16. The molecular weight excluding hydrogens is 96.0 g/mol. The Balaban J connectivity index is 0. The van der Waals surface area contributed by atoms with E-state index >= 15 is 0 Å². The number of rotatable bonds is 1. The average Bonchev–Trinajstić information content (AvgIpc) is 1.73. The van der Waals surface area contributed by atoms with Crippen LogP contribution in [0.2, 0.25) is 0 Å². The lowest BCUT2D eigenvalue weighted by molar-refractivity contribution is 0.273. The van der Waals surface area contributed by atoms with Crippen molar-refractivity contribution in [1.29, 1.82) is 0 Å². The summed E-state index contributed by atoms with van der Waals surface area (Å²) in [5, 5.41) is 14.5. The summed E-state index contributed by atoms with van der Waals surface area (Å²) in [7, 11) is 0. The van der Waals surface area contributed by atoms with Crippen molar-refractivity contribution in [3.63, 3.8) is 0 Å². The summed E-state index contributed by atoms with van der Waals surface area (Å²) in [4.78, 5) is 0. The molecule has 7 heavy (non-hydrogen) atoms. The number of hydrogen-bond donors (Lipinski definition) is 4. The Bertz CT molecular complexity index is 24.9. The van der Waals surface area contributed by atoms with E-state index < -0.39 is 0 Å². The van der Waals surface area contributed by atoms with Crippen LogP contribution in [0.1, 0.15) is 6.92 Å². The highest BCUT2D eigenvalue weighted by molar-refractivity contribution is 4.43. The van der Waals surface area contributed by atoms with E-state index in [1.54, 1.807) is 6.92 Å². The largest absolute Gasteiger partial charge is 0.395 e. The Morgan fingerprint density at radius 2 is 1.71 bits per heavy atom. The second-order valence-corrected chi connectivity index (χ2v) is 1.16. The molecule has 0 unspecified atom stereocenters. The van der Waals surface area contributed by atoms with Crippen LogP contribution < -0.4 is 11.6 Å². The van der Waals surface area contributed by atoms with E-state index in [2.05, 4.69) is 5.90 Å². The lowest BCUT2D eigenvalue weighted by atomic mass is 10.4. The van der Waals surface area contributed by atoms with Crippen molar-refractivity contribution in [2.24, 2.45) is 11.6 Å². The molecule has 0 fully saturated rings. The molecule has 0 aliphatic heterocycles. The van der Waals surface area contributed by atoms with Crippen LogP contribution >= 0.6 is 0 Å². The third-order valence-electron chi connectivity index (χ3n) is 0.288. The predicted octanol–water partition coefficient (Wildman–Crippen LogP) is -1.34. The number of aliphatic hydroxyl groups is 1. The van der Waals surface area contributed by atoms with Gasteiger partial charge in [-0.05, 0) is 6.92 Å². The molecule has 0 saturated heterocycles. The molecular formula is C3H12N2O2. The maximum atomic E-state index is 8.02. The average molecular weight is 108 g/mol. The maximum absolute atomic E-state index is 8.02. The molecule has 0 aromatic rings. The van der Waals surface area contributed by atoms with Gasteiger partial charge in [0.25, 0.3) is 0 Å². The maximum Gasteiger partial charge on any atom is 0.0579 e. The van der Waals surface area contributed by atoms with Crippen molar-refractivity contribution >= 4 is 0 Å². The van der Waals surface area contributed by atoms with Gasteiger partial charge in [-0.25, -0.2) is 5.90 Å². The lowest BCUT2D eigenvalue weighted by Crippen LogP contribution is -2.18. The molecule has 6 N–H and O–H groups in total. The molecule has 0 bridgehead atoms. The van der Waals surface area contributed by atoms with E-state index in [4.69, 9.17) is 16.0 Å². The standard InChI is InChI=1S/C3H9NO.H3NO/c1-3(4)2-5;1-2/h3,5H,2,4H2,1H3;2H,1H2/t3-;/m1./s1. The zero-order chi connectivity index (χ0) is 6.28. The van der Waals surface area contributed by atoms with Crippen molar-refractivity contribution in [3.8, 4) is 0 Å². The molecule has 4 heteroatoms. The molecule has 0 aliphatic rings. The molecule has 46 valence electrons. The fourth-order valence-electron chi connectivity index (χ4n) is 0. The summed E-state index contributed by atoms with van der Waals surface area (Å²) in [6, 6.07) is -0.0602. The van der Waals surface area contributed by atoms with Crippen molar-refractivity contribution in [2.75, 3.05) is 6.61 Å². The van der Waals surface area contributed by atoms with Crippen LogP contribution in [0.15, 0.2) is 0 Å². The summed E-state index contributed by atoms with van der Waals surface area (Å²) in [6.45, 7) is 1.83. The molecule has 0 aromatic carbocycles. The quantitative estimate of drug-likeness (QED) is 0.313. The summed E-state index contributed by atoms with van der Waals surface area (Å²) in [5.74, 6) is 3.50.